The molecule has 6 nitrogen and oxygen atoms in total. The molecule has 0 amide bonds. The number of ether oxygens (including phenoxy) is 2. The summed E-state index contributed by atoms with van der Waals surface area (Å²) in [5.74, 6) is 0.457. The first kappa shape index (κ1) is 13.1. The molecule has 1 saturated heterocycles. The Kier molecular flexibility index (Phi) is 3.64. The van der Waals surface area contributed by atoms with Gasteiger partial charge in [0.05, 0.1) is 18.8 Å². The van der Waals surface area contributed by atoms with Crippen molar-refractivity contribution in [3.8, 4) is 0 Å². The molecular weight excluding hydrogens is 258 g/mol. The van der Waals surface area contributed by atoms with Crippen molar-refractivity contribution in [1.29, 1.82) is 0 Å². The number of hydrogen-bond acceptors (Lipinski definition) is 5. The van der Waals surface area contributed by atoms with E-state index in [2.05, 4.69) is 10.2 Å². The van der Waals surface area contributed by atoms with Gasteiger partial charge in [0.25, 0.3) is 0 Å². The number of methoxy groups -OCH3 is 1. The van der Waals surface area contributed by atoms with E-state index in [1.807, 2.05) is 4.40 Å². The van der Waals surface area contributed by atoms with Crippen LogP contribution in [0.4, 0.5) is 0 Å². The van der Waals surface area contributed by atoms with Gasteiger partial charge in [0.2, 0.25) is 0 Å². The van der Waals surface area contributed by atoms with Gasteiger partial charge >= 0.3 is 5.97 Å². The first-order valence-corrected chi connectivity index (χ1v) is 6.81. The van der Waals surface area contributed by atoms with Gasteiger partial charge in [-0.25, -0.2) is 4.79 Å². The second-order valence-corrected chi connectivity index (χ2v) is 4.95. The third-order valence-corrected chi connectivity index (χ3v) is 3.58. The molecule has 0 aromatic carbocycles. The molecule has 2 aromatic heterocycles. The van der Waals surface area contributed by atoms with E-state index in [1.165, 1.54) is 13.5 Å². The van der Waals surface area contributed by atoms with Gasteiger partial charge in [0.1, 0.15) is 5.82 Å². The fraction of sp³-hybridized carbons (Fsp3) is 0.500. The van der Waals surface area contributed by atoms with Gasteiger partial charge in [-0.2, -0.15) is 0 Å². The maximum atomic E-state index is 11.6. The fourth-order valence-corrected chi connectivity index (χ4v) is 2.49. The zero-order valence-corrected chi connectivity index (χ0v) is 11.4. The molecule has 1 aliphatic heterocycles. The molecule has 2 aromatic rings. The molecule has 3 heterocycles. The first-order chi connectivity index (χ1) is 9.78. The summed E-state index contributed by atoms with van der Waals surface area (Å²) in [5, 5.41) is 8.31. The van der Waals surface area contributed by atoms with Gasteiger partial charge in [-0.15, -0.1) is 10.2 Å². The number of pyridine rings is 1. The molecule has 3 rings (SSSR count). The van der Waals surface area contributed by atoms with E-state index in [-0.39, 0.29) is 12.1 Å². The minimum atomic E-state index is -0.361. The third kappa shape index (κ3) is 2.51. The Hall–Kier alpha value is -1.95. The number of fused-ring (bicyclic) bond motifs is 1. The van der Waals surface area contributed by atoms with Crippen LogP contribution in [0.5, 0.6) is 0 Å². The van der Waals surface area contributed by atoms with Crippen molar-refractivity contribution >= 4 is 11.6 Å². The van der Waals surface area contributed by atoms with E-state index in [4.69, 9.17) is 9.47 Å². The Bertz CT molecular complexity index is 617. The van der Waals surface area contributed by atoms with E-state index in [1.54, 1.807) is 18.3 Å². The molecule has 6 heteroatoms. The lowest BCUT2D eigenvalue weighted by Gasteiger charge is -2.21. The van der Waals surface area contributed by atoms with Gasteiger partial charge in [0.15, 0.2) is 5.65 Å². The van der Waals surface area contributed by atoms with Crippen molar-refractivity contribution in [2.75, 3.05) is 13.7 Å². The fourth-order valence-electron chi connectivity index (χ4n) is 2.49. The van der Waals surface area contributed by atoms with Crippen molar-refractivity contribution in [3.05, 3.63) is 29.7 Å². The summed E-state index contributed by atoms with van der Waals surface area (Å²) in [5.41, 5.74) is 1.22. The highest BCUT2D eigenvalue weighted by molar-refractivity contribution is 5.89. The average molecular weight is 275 g/mol. The topological polar surface area (TPSA) is 65.7 Å². The van der Waals surface area contributed by atoms with E-state index in [9.17, 15) is 4.79 Å². The second kappa shape index (κ2) is 5.58. The molecule has 1 fully saturated rings. The zero-order chi connectivity index (χ0) is 13.9. The van der Waals surface area contributed by atoms with Crippen LogP contribution in [0.1, 0.15) is 35.4 Å². The standard InChI is InChI=1S/C14H17N3O3/c1-19-14(18)10-5-6-12-15-16-13(17(12)9-10)8-11-4-2-3-7-20-11/h5-6,9,11H,2-4,7-8H2,1H3. The number of carbonyl (C=O) groups is 1. The minimum absolute atomic E-state index is 0.193. The average Bonchev–Trinajstić information content (AvgIpc) is 2.90. The molecular formula is C14H17N3O3. The lowest BCUT2D eigenvalue weighted by atomic mass is 10.1. The maximum Gasteiger partial charge on any atom is 0.339 e. The van der Waals surface area contributed by atoms with Crippen LogP contribution < -0.4 is 0 Å². The molecule has 0 radical (unpaired) electrons. The Labute approximate surface area is 116 Å². The largest absolute Gasteiger partial charge is 0.465 e. The number of aromatic nitrogens is 3. The van der Waals surface area contributed by atoms with Crippen LogP contribution in [0.2, 0.25) is 0 Å². The van der Waals surface area contributed by atoms with Crippen molar-refractivity contribution in [3.63, 3.8) is 0 Å². The van der Waals surface area contributed by atoms with Gasteiger partial charge in [-0.1, -0.05) is 0 Å². The first-order valence-electron chi connectivity index (χ1n) is 6.81. The van der Waals surface area contributed by atoms with Gasteiger partial charge in [-0.3, -0.25) is 4.40 Å². The highest BCUT2D eigenvalue weighted by Gasteiger charge is 2.18. The molecule has 20 heavy (non-hydrogen) atoms. The van der Waals surface area contributed by atoms with Gasteiger partial charge in [0, 0.05) is 19.2 Å². The molecule has 0 aliphatic carbocycles. The van der Waals surface area contributed by atoms with E-state index >= 15 is 0 Å². The van der Waals surface area contributed by atoms with Crippen LogP contribution in [0.25, 0.3) is 5.65 Å². The Morgan fingerprint density at radius 1 is 1.45 bits per heavy atom. The number of rotatable bonds is 3. The number of hydrogen-bond donors (Lipinski definition) is 0. The van der Waals surface area contributed by atoms with Crippen LogP contribution in [-0.4, -0.2) is 40.4 Å². The molecule has 0 N–H and O–H groups in total. The smallest absolute Gasteiger partial charge is 0.339 e. The Balaban J connectivity index is 1.88. The molecule has 1 unspecified atom stereocenters. The second-order valence-electron chi connectivity index (χ2n) is 4.95. The predicted molar refractivity (Wildman–Crippen MR) is 71.6 cm³/mol. The number of nitrogens with zero attached hydrogens (tertiary/aromatic N) is 3. The Morgan fingerprint density at radius 3 is 3.10 bits per heavy atom. The van der Waals surface area contributed by atoms with E-state index < -0.39 is 0 Å². The quantitative estimate of drug-likeness (QED) is 0.796. The molecule has 0 spiro atoms. The summed E-state index contributed by atoms with van der Waals surface area (Å²) in [6.07, 6.45) is 5.99. The molecule has 1 aliphatic rings. The number of esters is 1. The van der Waals surface area contributed by atoms with E-state index in [0.717, 1.165) is 30.9 Å². The SMILES string of the molecule is COC(=O)c1ccc2nnc(CC3CCCCO3)n2c1. The van der Waals surface area contributed by atoms with Crippen LogP contribution >= 0.6 is 0 Å². The van der Waals surface area contributed by atoms with Crippen LogP contribution in [0.15, 0.2) is 18.3 Å². The van der Waals surface area contributed by atoms with E-state index in [0.29, 0.717) is 12.0 Å². The summed E-state index contributed by atoms with van der Waals surface area (Å²) in [6.45, 7) is 0.814. The maximum absolute atomic E-state index is 11.6. The van der Waals surface area contributed by atoms with Crippen molar-refractivity contribution < 1.29 is 14.3 Å². The third-order valence-electron chi connectivity index (χ3n) is 3.58. The minimum Gasteiger partial charge on any atom is -0.465 e. The summed E-state index contributed by atoms with van der Waals surface area (Å²) in [4.78, 5) is 11.6. The molecule has 0 bridgehead atoms. The molecule has 0 saturated carbocycles. The molecule has 106 valence electrons. The lowest BCUT2D eigenvalue weighted by Crippen LogP contribution is -2.22. The Morgan fingerprint density at radius 2 is 2.35 bits per heavy atom. The van der Waals surface area contributed by atoms with Gasteiger partial charge < -0.3 is 9.47 Å². The summed E-state index contributed by atoms with van der Waals surface area (Å²) < 4.78 is 12.3. The lowest BCUT2D eigenvalue weighted by molar-refractivity contribution is 0.0155. The van der Waals surface area contributed by atoms with Gasteiger partial charge in [-0.05, 0) is 31.4 Å². The summed E-state index contributed by atoms with van der Waals surface area (Å²) in [6, 6.07) is 3.46. The zero-order valence-electron chi connectivity index (χ0n) is 11.4. The monoisotopic (exact) mass is 275 g/mol. The highest BCUT2D eigenvalue weighted by atomic mass is 16.5. The summed E-state index contributed by atoms with van der Waals surface area (Å²) in [7, 11) is 1.37. The normalized spacial score (nSPS) is 19.1. The predicted octanol–water partition coefficient (Wildman–Crippen LogP) is 1.63. The van der Waals surface area contributed by atoms with Crippen LogP contribution in [0, 0.1) is 0 Å². The van der Waals surface area contributed by atoms with Crippen molar-refractivity contribution in [2.45, 2.75) is 31.8 Å². The van der Waals surface area contributed by atoms with Crippen molar-refractivity contribution in [1.82, 2.24) is 14.6 Å². The van der Waals surface area contributed by atoms with Crippen molar-refractivity contribution in [2.24, 2.45) is 0 Å². The molecule has 1 atom stereocenters. The highest BCUT2D eigenvalue weighted by Crippen LogP contribution is 2.17. The van der Waals surface area contributed by atoms with Crippen LogP contribution in [-0.2, 0) is 15.9 Å². The summed E-state index contributed by atoms with van der Waals surface area (Å²) >= 11 is 0. The number of carbonyl (C=O) groups excluding carboxylic acids is 1. The van der Waals surface area contributed by atoms with Crippen LogP contribution in [0.3, 0.4) is 0 Å².